The highest BCUT2D eigenvalue weighted by Crippen LogP contribution is 2.42. The van der Waals surface area contributed by atoms with Gasteiger partial charge in [0.2, 0.25) is 0 Å². The van der Waals surface area contributed by atoms with Gasteiger partial charge in [-0.15, -0.1) is 0 Å². The molecule has 9 heteroatoms. The van der Waals surface area contributed by atoms with Crippen molar-refractivity contribution in [2.24, 2.45) is 0 Å². The zero-order valence-corrected chi connectivity index (χ0v) is 19.0. The standard InChI is InChI=1S/C24H26N4O5/c1-24(2,3)19-12-18(27-10-8-21(29)25-23(27)30)13-20(22(19)33-4)26-9-7-15-11-17(28(31)32)6-5-16(15)14-26/h5-6,8,10-13H,7,9,14H2,1-4H3,(H,25,29,30). The van der Waals surface area contributed by atoms with Crippen molar-refractivity contribution in [1.82, 2.24) is 9.55 Å². The minimum absolute atomic E-state index is 0.0919. The van der Waals surface area contributed by atoms with Crippen molar-refractivity contribution in [2.75, 3.05) is 18.6 Å². The number of hydrogen-bond acceptors (Lipinski definition) is 6. The third-order valence-electron chi connectivity index (χ3n) is 5.92. The van der Waals surface area contributed by atoms with E-state index in [2.05, 4.69) is 30.7 Å². The van der Waals surface area contributed by atoms with Gasteiger partial charge in [0, 0.05) is 43.0 Å². The van der Waals surface area contributed by atoms with Gasteiger partial charge in [0.05, 0.1) is 23.4 Å². The molecule has 172 valence electrons. The lowest BCUT2D eigenvalue weighted by molar-refractivity contribution is -0.384. The minimum Gasteiger partial charge on any atom is -0.494 e. The molecule has 0 spiro atoms. The number of aromatic amines is 1. The molecule has 1 aromatic heterocycles. The summed E-state index contributed by atoms with van der Waals surface area (Å²) in [5.74, 6) is 0.717. The van der Waals surface area contributed by atoms with Crippen LogP contribution in [0.15, 0.2) is 52.2 Å². The quantitative estimate of drug-likeness (QED) is 0.482. The van der Waals surface area contributed by atoms with Gasteiger partial charge in [0.1, 0.15) is 5.75 Å². The Morgan fingerprint density at radius 1 is 1.09 bits per heavy atom. The first kappa shape index (κ1) is 22.3. The summed E-state index contributed by atoms with van der Waals surface area (Å²) in [5, 5.41) is 11.1. The molecule has 0 atom stereocenters. The first-order valence-electron chi connectivity index (χ1n) is 10.6. The molecule has 1 aliphatic rings. The van der Waals surface area contributed by atoms with Crippen LogP contribution >= 0.6 is 0 Å². The Morgan fingerprint density at radius 2 is 1.85 bits per heavy atom. The van der Waals surface area contributed by atoms with Gasteiger partial charge in [-0.2, -0.15) is 0 Å². The monoisotopic (exact) mass is 450 g/mol. The molecular weight excluding hydrogens is 424 g/mol. The van der Waals surface area contributed by atoms with Gasteiger partial charge in [-0.25, -0.2) is 4.79 Å². The number of ether oxygens (including phenoxy) is 1. The predicted molar refractivity (Wildman–Crippen MR) is 126 cm³/mol. The van der Waals surface area contributed by atoms with E-state index < -0.39 is 11.2 Å². The first-order valence-corrected chi connectivity index (χ1v) is 10.6. The van der Waals surface area contributed by atoms with Crippen LogP contribution in [0.1, 0.15) is 37.5 Å². The number of aromatic nitrogens is 2. The Balaban J connectivity index is 1.86. The average Bonchev–Trinajstić information content (AvgIpc) is 2.76. The minimum atomic E-state index is -0.519. The summed E-state index contributed by atoms with van der Waals surface area (Å²) in [4.78, 5) is 39.3. The largest absolute Gasteiger partial charge is 0.494 e. The molecule has 33 heavy (non-hydrogen) atoms. The van der Waals surface area contributed by atoms with E-state index in [1.165, 1.54) is 22.9 Å². The summed E-state index contributed by atoms with van der Waals surface area (Å²) in [6.07, 6.45) is 2.11. The number of hydrogen-bond donors (Lipinski definition) is 1. The molecule has 0 bridgehead atoms. The number of nitro groups is 1. The van der Waals surface area contributed by atoms with Crippen LogP contribution in [0.4, 0.5) is 11.4 Å². The van der Waals surface area contributed by atoms with E-state index >= 15 is 0 Å². The van der Waals surface area contributed by atoms with Gasteiger partial charge < -0.3 is 9.64 Å². The summed E-state index contributed by atoms with van der Waals surface area (Å²) in [6.45, 7) is 7.39. The summed E-state index contributed by atoms with van der Waals surface area (Å²) < 4.78 is 7.26. The number of rotatable bonds is 4. The van der Waals surface area contributed by atoms with Gasteiger partial charge in [0.25, 0.3) is 11.2 Å². The number of methoxy groups -OCH3 is 1. The van der Waals surface area contributed by atoms with Gasteiger partial charge >= 0.3 is 5.69 Å². The van der Waals surface area contributed by atoms with Crippen LogP contribution in [0.25, 0.3) is 5.69 Å². The third-order valence-corrected chi connectivity index (χ3v) is 5.92. The third kappa shape index (κ3) is 4.26. The number of non-ortho nitro benzene ring substituents is 1. The maximum absolute atomic E-state index is 12.5. The SMILES string of the molecule is COc1c(N2CCc3cc([N+](=O)[O-])ccc3C2)cc(-n2ccc(=O)[nH]c2=O)cc1C(C)(C)C. The molecule has 0 saturated heterocycles. The molecule has 3 aromatic rings. The Kier molecular flexibility index (Phi) is 5.57. The Bertz CT molecular complexity index is 1350. The first-order chi connectivity index (χ1) is 15.6. The highest BCUT2D eigenvalue weighted by molar-refractivity contribution is 5.69. The van der Waals surface area contributed by atoms with Crippen LogP contribution < -0.4 is 20.9 Å². The molecule has 0 saturated carbocycles. The van der Waals surface area contributed by atoms with Crippen LogP contribution in [0, 0.1) is 10.1 Å². The molecule has 0 unspecified atom stereocenters. The van der Waals surface area contributed by atoms with Crippen molar-refractivity contribution in [3.8, 4) is 11.4 Å². The topological polar surface area (TPSA) is 110 Å². The molecule has 2 heterocycles. The smallest absolute Gasteiger partial charge is 0.332 e. The second kappa shape index (κ2) is 8.23. The number of H-pyrrole nitrogens is 1. The number of benzene rings is 2. The fourth-order valence-corrected chi connectivity index (χ4v) is 4.22. The fourth-order valence-electron chi connectivity index (χ4n) is 4.22. The average molecular weight is 450 g/mol. The number of fused-ring (bicyclic) bond motifs is 1. The highest BCUT2D eigenvalue weighted by atomic mass is 16.6. The van der Waals surface area contributed by atoms with Crippen LogP contribution in [0.5, 0.6) is 5.75 Å². The molecule has 4 rings (SSSR count). The number of nitrogens with one attached hydrogen (secondary N) is 1. The maximum Gasteiger partial charge on any atom is 0.332 e. The second-order valence-electron chi connectivity index (χ2n) is 9.16. The van der Waals surface area contributed by atoms with Crippen LogP contribution in [0.2, 0.25) is 0 Å². The lowest BCUT2D eigenvalue weighted by Gasteiger charge is -2.34. The fraction of sp³-hybridized carbons (Fsp3) is 0.333. The van der Waals surface area contributed by atoms with Gasteiger partial charge in [0.15, 0.2) is 0 Å². The van der Waals surface area contributed by atoms with Crippen molar-refractivity contribution >= 4 is 11.4 Å². The Hall–Kier alpha value is -3.88. The maximum atomic E-state index is 12.5. The Labute approximate surface area is 190 Å². The summed E-state index contributed by atoms with van der Waals surface area (Å²) >= 11 is 0. The van der Waals surface area contributed by atoms with Crippen molar-refractivity contribution in [3.63, 3.8) is 0 Å². The normalized spacial score (nSPS) is 13.5. The molecule has 0 radical (unpaired) electrons. The van der Waals surface area contributed by atoms with E-state index in [1.807, 2.05) is 12.1 Å². The zero-order valence-electron chi connectivity index (χ0n) is 19.0. The predicted octanol–water partition coefficient (Wildman–Crippen LogP) is 3.30. The molecule has 0 amide bonds. The van der Waals surface area contributed by atoms with Gasteiger partial charge in [-0.05, 0) is 35.1 Å². The van der Waals surface area contributed by atoms with Crippen molar-refractivity contribution < 1.29 is 9.66 Å². The van der Waals surface area contributed by atoms with E-state index in [0.717, 1.165) is 22.4 Å². The number of nitrogens with zero attached hydrogens (tertiary/aromatic N) is 3. The van der Waals surface area contributed by atoms with E-state index in [4.69, 9.17) is 4.74 Å². The number of anilines is 1. The van der Waals surface area contributed by atoms with Crippen LogP contribution in [-0.4, -0.2) is 28.1 Å². The second-order valence-corrected chi connectivity index (χ2v) is 9.16. The van der Waals surface area contributed by atoms with E-state index in [0.29, 0.717) is 30.9 Å². The lowest BCUT2D eigenvalue weighted by Crippen LogP contribution is -2.32. The summed E-state index contributed by atoms with van der Waals surface area (Å²) in [6, 6.07) is 10.1. The van der Waals surface area contributed by atoms with Gasteiger partial charge in [-0.3, -0.25) is 24.5 Å². The van der Waals surface area contributed by atoms with Crippen molar-refractivity contribution in [2.45, 2.75) is 39.2 Å². The number of nitro benzene ring substituents is 1. The van der Waals surface area contributed by atoms with Crippen molar-refractivity contribution in [3.05, 3.63) is 90.2 Å². The molecule has 0 fully saturated rings. The molecule has 1 aliphatic heterocycles. The molecule has 1 N–H and O–H groups in total. The molecular formula is C24H26N4O5. The van der Waals surface area contributed by atoms with E-state index in [1.54, 1.807) is 19.2 Å². The van der Waals surface area contributed by atoms with Crippen LogP contribution in [0.3, 0.4) is 0 Å². The summed E-state index contributed by atoms with van der Waals surface area (Å²) in [5.41, 5.74) is 3.17. The Morgan fingerprint density at radius 3 is 2.48 bits per heavy atom. The van der Waals surface area contributed by atoms with E-state index in [-0.39, 0.29) is 16.0 Å². The van der Waals surface area contributed by atoms with Crippen LogP contribution in [-0.2, 0) is 18.4 Å². The molecule has 9 nitrogen and oxygen atoms in total. The molecule has 2 aromatic carbocycles. The van der Waals surface area contributed by atoms with E-state index in [9.17, 15) is 19.7 Å². The van der Waals surface area contributed by atoms with Crippen molar-refractivity contribution in [1.29, 1.82) is 0 Å². The summed E-state index contributed by atoms with van der Waals surface area (Å²) in [7, 11) is 1.63. The lowest BCUT2D eigenvalue weighted by atomic mass is 9.85. The highest BCUT2D eigenvalue weighted by Gasteiger charge is 2.27. The van der Waals surface area contributed by atoms with Gasteiger partial charge in [-0.1, -0.05) is 26.8 Å². The zero-order chi connectivity index (χ0) is 23.9. The molecule has 0 aliphatic carbocycles.